The van der Waals surface area contributed by atoms with E-state index in [1.807, 2.05) is 0 Å². The topological polar surface area (TPSA) is 29.3 Å². The predicted molar refractivity (Wildman–Crippen MR) is 78.2 cm³/mol. The summed E-state index contributed by atoms with van der Waals surface area (Å²) in [5, 5.41) is 0. The maximum Gasteiger partial charge on any atom is 0.0742 e. The normalized spacial score (nSPS) is 12.7. The Labute approximate surface area is 110 Å². The van der Waals surface area contributed by atoms with Crippen molar-refractivity contribution in [2.75, 3.05) is 7.05 Å². The van der Waals surface area contributed by atoms with Crippen LogP contribution in [0.2, 0.25) is 0 Å². The molecule has 1 aromatic carbocycles. The first-order valence-electron chi connectivity index (χ1n) is 6.09. The SMILES string of the molecule is CCc1ccc(CN(C)C(C)CC(N)=S)cc1. The minimum atomic E-state index is 0.387. The molecular formula is C14H22N2S. The molecule has 1 rings (SSSR count). The Hall–Kier alpha value is -0.930. The van der Waals surface area contributed by atoms with E-state index in [4.69, 9.17) is 18.0 Å². The summed E-state index contributed by atoms with van der Waals surface area (Å²) in [5.41, 5.74) is 8.28. The highest BCUT2D eigenvalue weighted by molar-refractivity contribution is 7.80. The first kappa shape index (κ1) is 14.1. The van der Waals surface area contributed by atoms with Gasteiger partial charge in [0.05, 0.1) is 4.99 Å². The van der Waals surface area contributed by atoms with Gasteiger partial charge in [-0.1, -0.05) is 43.4 Å². The van der Waals surface area contributed by atoms with Gasteiger partial charge in [-0.3, -0.25) is 4.90 Å². The predicted octanol–water partition coefficient (Wildman–Crippen LogP) is 2.75. The largest absolute Gasteiger partial charge is 0.393 e. The molecule has 0 amide bonds. The summed E-state index contributed by atoms with van der Waals surface area (Å²) < 4.78 is 0. The summed E-state index contributed by atoms with van der Waals surface area (Å²) in [6, 6.07) is 9.17. The van der Waals surface area contributed by atoms with Crippen LogP contribution in [0.15, 0.2) is 24.3 Å². The van der Waals surface area contributed by atoms with E-state index in [0.717, 1.165) is 19.4 Å². The lowest BCUT2D eigenvalue weighted by atomic mass is 10.1. The molecule has 0 heterocycles. The summed E-state index contributed by atoms with van der Waals surface area (Å²) in [7, 11) is 2.11. The van der Waals surface area contributed by atoms with Crippen molar-refractivity contribution in [2.24, 2.45) is 5.73 Å². The number of nitrogens with two attached hydrogens (primary N) is 1. The van der Waals surface area contributed by atoms with Crippen LogP contribution < -0.4 is 5.73 Å². The summed E-state index contributed by atoms with van der Waals surface area (Å²) in [5.74, 6) is 0. The molecule has 0 spiro atoms. The van der Waals surface area contributed by atoms with Gasteiger partial charge in [0.1, 0.15) is 0 Å². The molecule has 3 heteroatoms. The van der Waals surface area contributed by atoms with E-state index < -0.39 is 0 Å². The molecular weight excluding hydrogens is 228 g/mol. The highest BCUT2D eigenvalue weighted by atomic mass is 32.1. The Morgan fingerprint density at radius 1 is 1.29 bits per heavy atom. The van der Waals surface area contributed by atoms with Gasteiger partial charge in [-0.15, -0.1) is 0 Å². The number of hydrogen-bond donors (Lipinski definition) is 1. The lowest BCUT2D eigenvalue weighted by molar-refractivity contribution is 0.255. The average Bonchev–Trinajstić information content (AvgIpc) is 2.29. The third-order valence-electron chi connectivity index (χ3n) is 3.11. The zero-order chi connectivity index (χ0) is 12.8. The van der Waals surface area contributed by atoms with Crippen molar-refractivity contribution in [1.82, 2.24) is 4.90 Å². The average molecular weight is 250 g/mol. The molecule has 0 aliphatic carbocycles. The van der Waals surface area contributed by atoms with E-state index in [0.29, 0.717) is 11.0 Å². The molecule has 17 heavy (non-hydrogen) atoms. The fraction of sp³-hybridized carbons (Fsp3) is 0.500. The number of hydrogen-bond acceptors (Lipinski definition) is 2. The van der Waals surface area contributed by atoms with E-state index in [1.54, 1.807) is 0 Å². The quantitative estimate of drug-likeness (QED) is 0.787. The van der Waals surface area contributed by atoms with Crippen LogP contribution in [0, 0.1) is 0 Å². The standard InChI is InChI=1S/C14H22N2S/c1-4-12-5-7-13(8-6-12)10-16(3)11(2)9-14(15)17/h5-8,11H,4,9-10H2,1-3H3,(H2,15,17). The monoisotopic (exact) mass is 250 g/mol. The van der Waals surface area contributed by atoms with Crippen molar-refractivity contribution in [2.45, 2.75) is 39.3 Å². The Morgan fingerprint density at radius 3 is 2.29 bits per heavy atom. The first-order chi connectivity index (χ1) is 8.02. The van der Waals surface area contributed by atoms with Gasteiger partial charge in [-0.25, -0.2) is 0 Å². The van der Waals surface area contributed by atoms with Crippen LogP contribution >= 0.6 is 12.2 Å². The molecule has 1 unspecified atom stereocenters. The van der Waals surface area contributed by atoms with Gasteiger partial charge >= 0.3 is 0 Å². The van der Waals surface area contributed by atoms with Crippen LogP contribution in [0.25, 0.3) is 0 Å². The van der Waals surface area contributed by atoms with E-state index in [9.17, 15) is 0 Å². The van der Waals surface area contributed by atoms with Crippen molar-refractivity contribution in [3.05, 3.63) is 35.4 Å². The van der Waals surface area contributed by atoms with E-state index in [2.05, 4.69) is 50.1 Å². The van der Waals surface area contributed by atoms with Gasteiger partial charge in [0.2, 0.25) is 0 Å². The van der Waals surface area contributed by atoms with Crippen LogP contribution in [0.5, 0.6) is 0 Å². The maximum atomic E-state index is 5.57. The lowest BCUT2D eigenvalue weighted by Gasteiger charge is -2.24. The first-order valence-corrected chi connectivity index (χ1v) is 6.50. The minimum Gasteiger partial charge on any atom is -0.393 e. The molecule has 0 bridgehead atoms. The molecule has 0 aliphatic rings. The van der Waals surface area contributed by atoms with Gasteiger partial charge < -0.3 is 5.73 Å². The Balaban J connectivity index is 2.54. The number of aryl methyl sites for hydroxylation is 1. The summed E-state index contributed by atoms with van der Waals surface area (Å²) in [6.45, 7) is 5.26. The van der Waals surface area contributed by atoms with Crippen molar-refractivity contribution >= 4 is 17.2 Å². The van der Waals surface area contributed by atoms with Gasteiger partial charge in [-0.05, 0) is 31.5 Å². The fourth-order valence-corrected chi connectivity index (χ4v) is 2.01. The molecule has 94 valence electrons. The molecule has 0 saturated carbocycles. The lowest BCUT2D eigenvalue weighted by Crippen LogP contribution is -2.32. The molecule has 2 N–H and O–H groups in total. The second-order valence-corrected chi connectivity index (χ2v) is 5.13. The van der Waals surface area contributed by atoms with Crippen LogP contribution in [-0.4, -0.2) is 23.0 Å². The van der Waals surface area contributed by atoms with Gasteiger partial charge in [0.15, 0.2) is 0 Å². The van der Waals surface area contributed by atoms with Gasteiger partial charge in [-0.2, -0.15) is 0 Å². The van der Waals surface area contributed by atoms with Crippen LogP contribution in [-0.2, 0) is 13.0 Å². The molecule has 1 aromatic rings. The molecule has 0 fully saturated rings. The summed E-state index contributed by atoms with van der Waals surface area (Å²) >= 11 is 4.94. The number of thiocarbonyl (C=S) groups is 1. The van der Waals surface area contributed by atoms with Crippen LogP contribution in [0.4, 0.5) is 0 Å². The molecule has 0 aliphatic heterocycles. The maximum absolute atomic E-state index is 5.57. The third kappa shape index (κ3) is 4.84. The van der Waals surface area contributed by atoms with Gasteiger partial charge in [0.25, 0.3) is 0 Å². The van der Waals surface area contributed by atoms with Crippen molar-refractivity contribution < 1.29 is 0 Å². The van der Waals surface area contributed by atoms with Crippen molar-refractivity contribution in [3.8, 4) is 0 Å². The zero-order valence-electron chi connectivity index (χ0n) is 10.9. The van der Waals surface area contributed by atoms with E-state index in [1.165, 1.54) is 11.1 Å². The molecule has 0 saturated heterocycles. The van der Waals surface area contributed by atoms with Crippen LogP contribution in [0.3, 0.4) is 0 Å². The van der Waals surface area contributed by atoms with Crippen molar-refractivity contribution in [1.29, 1.82) is 0 Å². The molecule has 2 nitrogen and oxygen atoms in total. The van der Waals surface area contributed by atoms with E-state index >= 15 is 0 Å². The highest BCUT2D eigenvalue weighted by Crippen LogP contribution is 2.10. The fourth-order valence-electron chi connectivity index (χ4n) is 1.77. The smallest absolute Gasteiger partial charge is 0.0742 e. The Bertz CT molecular complexity index is 359. The number of nitrogens with zero attached hydrogens (tertiary/aromatic N) is 1. The van der Waals surface area contributed by atoms with E-state index in [-0.39, 0.29) is 0 Å². The van der Waals surface area contributed by atoms with Crippen molar-refractivity contribution in [3.63, 3.8) is 0 Å². The minimum absolute atomic E-state index is 0.387. The second kappa shape index (κ2) is 6.72. The second-order valence-electron chi connectivity index (χ2n) is 4.60. The Kier molecular flexibility index (Phi) is 5.59. The third-order valence-corrected chi connectivity index (χ3v) is 3.28. The molecule has 1 atom stereocenters. The Morgan fingerprint density at radius 2 is 1.82 bits per heavy atom. The molecule has 0 radical (unpaired) electrons. The highest BCUT2D eigenvalue weighted by Gasteiger charge is 2.10. The summed E-state index contributed by atoms with van der Waals surface area (Å²) in [6.07, 6.45) is 1.87. The number of rotatable bonds is 6. The number of benzene rings is 1. The van der Waals surface area contributed by atoms with Gasteiger partial charge in [0, 0.05) is 19.0 Å². The van der Waals surface area contributed by atoms with Crippen LogP contribution in [0.1, 0.15) is 31.4 Å². The molecule has 0 aromatic heterocycles. The summed E-state index contributed by atoms with van der Waals surface area (Å²) in [4.78, 5) is 2.87. The zero-order valence-corrected chi connectivity index (χ0v) is 11.8.